The van der Waals surface area contributed by atoms with Crippen LogP contribution in [0.1, 0.15) is 10.4 Å². The molecule has 2 rings (SSSR count). The largest absolute Gasteiger partial charge is 0.507 e. The number of halogens is 1. The Morgan fingerprint density at radius 1 is 1.10 bits per heavy atom. The first-order valence-electron chi connectivity index (χ1n) is 5.64. The summed E-state index contributed by atoms with van der Waals surface area (Å²) in [5, 5.41) is 18.2. The second-order valence-electron chi connectivity index (χ2n) is 4.10. The topological polar surface area (TPSA) is 104 Å². The number of carboxylic acid groups (broad SMARTS) is 1. The molecule has 0 aromatic heterocycles. The maximum atomic E-state index is 12.8. The van der Waals surface area contributed by atoms with Crippen LogP contribution in [0.4, 0.5) is 10.1 Å². The Morgan fingerprint density at radius 3 is 2.29 bits per heavy atom. The third-order valence-electron chi connectivity index (χ3n) is 2.60. The summed E-state index contributed by atoms with van der Waals surface area (Å²) in [7, 11) is -3.98. The van der Waals surface area contributed by atoms with Crippen molar-refractivity contribution in [1.29, 1.82) is 0 Å². The molecule has 0 radical (unpaired) electrons. The molecule has 0 heterocycles. The first-order valence-corrected chi connectivity index (χ1v) is 7.12. The van der Waals surface area contributed by atoms with Crippen molar-refractivity contribution in [2.45, 2.75) is 4.90 Å². The van der Waals surface area contributed by atoms with Gasteiger partial charge in [-0.25, -0.2) is 17.6 Å². The molecule has 2 aromatic carbocycles. The molecule has 0 aliphatic carbocycles. The van der Waals surface area contributed by atoms with Crippen molar-refractivity contribution in [2.24, 2.45) is 0 Å². The number of carbonyl (C=O) groups is 1. The summed E-state index contributed by atoms with van der Waals surface area (Å²) in [6.45, 7) is 0. The second kappa shape index (κ2) is 5.41. The zero-order chi connectivity index (χ0) is 15.6. The van der Waals surface area contributed by atoms with Crippen LogP contribution in [-0.4, -0.2) is 24.6 Å². The van der Waals surface area contributed by atoms with Crippen LogP contribution < -0.4 is 4.72 Å². The van der Waals surface area contributed by atoms with Gasteiger partial charge in [0, 0.05) is 5.69 Å². The maximum Gasteiger partial charge on any atom is 0.339 e. The van der Waals surface area contributed by atoms with Gasteiger partial charge in [-0.2, -0.15) is 0 Å². The first-order chi connectivity index (χ1) is 9.79. The number of aromatic hydroxyl groups is 1. The van der Waals surface area contributed by atoms with Crippen LogP contribution in [0.15, 0.2) is 47.4 Å². The molecule has 0 fully saturated rings. The van der Waals surface area contributed by atoms with Crippen molar-refractivity contribution < 1.29 is 27.8 Å². The average molecular weight is 311 g/mol. The van der Waals surface area contributed by atoms with Crippen molar-refractivity contribution in [3.63, 3.8) is 0 Å². The minimum atomic E-state index is -3.98. The summed E-state index contributed by atoms with van der Waals surface area (Å²) in [5.41, 5.74) is -0.469. The minimum Gasteiger partial charge on any atom is -0.507 e. The molecule has 0 atom stereocenters. The zero-order valence-corrected chi connectivity index (χ0v) is 11.3. The highest BCUT2D eigenvalue weighted by atomic mass is 32.2. The van der Waals surface area contributed by atoms with Crippen LogP contribution >= 0.6 is 0 Å². The molecule has 0 aliphatic rings. The number of benzene rings is 2. The highest BCUT2D eigenvalue weighted by molar-refractivity contribution is 7.92. The van der Waals surface area contributed by atoms with E-state index in [1.807, 2.05) is 0 Å². The monoisotopic (exact) mass is 311 g/mol. The molecule has 0 aliphatic heterocycles. The van der Waals surface area contributed by atoms with E-state index < -0.39 is 33.1 Å². The van der Waals surface area contributed by atoms with Gasteiger partial charge in [0.25, 0.3) is 10.0 Å². The molecule has 0 bridgehead atoms. The molecule has 0 unspecified atom stereocenters. The van der Waals surface area contributed by atoms with Crippen LogP contribution in [0, 0.1) is 5.82 Å². The van der Waals surface area contributed by atoms with Crippen LogP contribution in [0.2, 0.25) is 0 Å². The summed E-state index contributed by atoms with van der Waals surface area (Å²) in [6.07, 6.45) is 0. The Bertz CT molecular complexity index is 787. The predicted molar refractivity (Wildman–Crippen MR) is 72.3 cm³/mol. The van der Waals surface area contributed by atoms with Gasteiger partial charge >= 0.3 is 5.97 Å². The lowest BCUT2D eigenvalue weighted by molar-refractivity contribution is 0.0693. The molecule has 0 spiro atoms. The van der Waals surface area contributed by atoms with E-state index in [0.717, 1.165) is 36.4 Å². The number of phenols is 1. The van der Waals surface area contributed by atoms with E-state index in [1.165, 1.54) is 6.07 Å². The lowest BCUT2D eigenvalue weighted by Crippen LogP contribution is -2.13. The van der Waals surface area contributed by atoms with Crippen molar-refractivity contribution in [1.82, 2.24) is 0 Å². The van der Waals surface area contributed by atoms with Gasteiger partial charge in [-0.3, -0.25) is 4.72 Å². The van der Waals surface area contributed by atoms with Gasteiger partial charge in [-0.05, 0) is 42.5 Å². The molecule has 21 heavy (non-hydrogen) atoms. The number of anilines is 1. The lowest BCUT2D eigenvalue weighted by atomic mass is 10.2. The summed E-state index contributed by atoms with van der Waals surface area (Å²) < 4.78 is 39.0. The van der Waals surface area contributed by atoms with E-state index in [9.17, 15) is 22.7 Å². The van der Waals surface area contributed by atoms with Gasteiger partial charge in [-0.1, -0.05) is 0 Å². The summed E-state index contributed by atoms with van der Waals surface area (Å²) in [4.78, 5) is 10.7. The molecular weight excluding hydrogens is 301 g/mol. The average Bonchev–Trinajstić information content (AvgIpc) is 2.41. The van der Waals surface area contributed by atoms with Crippen molar-refractivity contribution in [3.8, 4) is 5.75 Å². The number of hydrogen-bond donors (Lipinski definition) is 3. The summed E-state index contributed by atoms with van der Waals surface area (Å²) >= 11 is 0. The van der Waals surface area contributed by atoms with Crippen LogP contribution in [-0.2, 0) is 10.0 Å². The van der Waals surface area contributed by atoms with E-state index in [-0.39, 0.29) is 10.6 Å². The number of nitrogens with one attached hydrogen (secondary N) is 1. The third kappa shape index (κ3) is 3.29. The lowest BCUT2D eigenvalue weighted by Gasteiger charge is -2.09. The Hall–Kier alpha value is -2.61. The molecule has 8 heteroatoms. The molecule has 6 nitrogen and oxygen atoms in total. The zero-order valence-electron chi connectivity index (χ0n) is 10.4. The molecule has 0 saturated carbocycles. The fourth-order valence-corrected chi connectivity index (χ4v) is 2.65. The van der Waals surface area contributed by atoms with Crippen molar-refractivity contribution in [3.05, 3.63) is 53.8 Å². The Balaban J connectivity index is 2.35. The molecule has 3 N–H and O–H groups in total. The number of aromatic carboxylic acids is 1. The predicted octanol–water partition coefficient (Wildman–Crippen LogP) is 2.03. The van der Waals surface area contributed by atoms with Gasteiger partial charge in [0.2, 0.25) is 0 Å². The Morgan fingerprint density at radius 2 is 1.71 bits per heavy atom. The standard InChI is InChI=1S/C13H10FNO5S/c14-8-1-4-10(5-2-8)21(19,20)15-9-3-6-12(16)11(7-9)13(17)18/h1-7,15-16H,(H,17,18). The normalized spacial score (nSPS) is 11.1. The van der Waals surface area contributed by atoms with Gasteiger partial charge in [0.1, 0.15) is 17.1 Å². The van der Waals surface area contributed by atoms with Crippen molar-refractivity contribution in [2.75, 3.05) is 4.72 Å². The van der Waals surface area contributed by atoms with Gasteiger partial charge in [0.05, 0.1) is 4.90 Å². The van der Waals surface area contributed by atoms with E-state index in [4.69, 9.17) is 5.11 Å². The van der Waals surface area contributed by atoms with E-state index in [0.29, 0.717) is 0 Å². The number of sulfonamides is 1. The smallest absolute Gasteiger partial charge is 0.339 e. The number of carboxylic acids is 1. The molecule has 2 aromatic rings. The fourth-order valence-electron chi connectivity index (χ4n) is 1.60. The molecular formula is C13H10FNO5S. The number of hydrogen-bond acceptors (Lipinski definition) is 4. The summed E-state index contributed by atoms with van der Waals surface area (Å²) in [6, 6.07) is 7.40. The Kier molecular flexibility index (Phi) is 3.81. The number of rotatable bonds is 4. The van der Waals surface area contributed by atoms with E-state index in [2.05, 4.69) is 4.72 Å². The van der Waals surface area contributed by atoms with Gasteiger partial charge in [0.15, 0.2) is 0 Å². The highest BCUT2D eigenvalue weighted by Gasteiger charge is 2.16. The SMILES string of the molecule is O=C(O)c1cc(NS(=O)(=O)c2ccc(F)cc2)ccc1O. The van der Waals surface area contributed by atoms with E-state index in [1.54, 1.807) is 0 Å². The summed E-state index contributed by atoms with van der Waals surface area (Å²) in [5.74, 6) is -2.45. The quantitative estimate of drug-likeness (QED) is 0.750. The fraction of sp³-hybridized carbons (Fsp3) is 0. The molecule has 110 valence electrons. The molecule has 0 saturated heterocycles. The highest BCUT2D eigenvalue weighted by Crippen LogP contribution is 2.23. The second-order valence-corrected chi connectivity index (χ2v) is 5.78. The maximum absolute atomic E-state index is 12.8. The van der Waals surface area contributed by atoms with Gasteiger partial charge in [-0.15, -0.1) is 0 Å². The van der Waals surface area contributed by atoms with Crippen LogP contribution in [0.5, 0.6) is 5.75 Å². The van der Waals surface area contributed by atoms with Crippen LogP contribution in [0.25, 0.3) is 0 Å². The van der Waals surface area contributed by atoms with Gasteiger partial charge < -0.3 is 10.2 Å². The van der Waals surface area contributed by atoms with Crippen molar-refractivity contribution >= 4 is 21.7 Å². The van der Waals surface area contributed by atoms with E-state index >= 15 is 0 Å². The Labute approximate surface area is 119 Å². The minimum absolute atomic E-state index is 0.0328. The van der Waals surface area contributed by atoms with Crippen LogP contribution in [0.3, 0.4) is 0 Å². The first kappa shape index (κ1) is 14.8. The molecule has 0 amide bonds. The third-order valence-corrected chi connectivity index (χ3v) is 4.00.